The van der Waals surface area contributed by atoms with Crippen LogP contribution in [0, 0.1) is 0 Å². The summed E-state index contributed by atoms with van der Waals surface area (Å²) in [5.74, 6) is 0.745. The van der Waals surface area contributed by atoms with Crippen LogP contribution < -0.4 is 15.4 Å². The minimum absolute atomic E-state index is 0.000479. The summed E-state index contributed by atoms with van der Waals surface area (Å²) >= 11 is 3.38. The van der Waals surface area contributed by atoms with E-state index in [4.69, 9.17) is 4.74 Å². The van der Waals surface area contributed by atoms with Gasteiger partial charge in [0.25, 0.3) is 0 Å². The molecule has 0 heterocycles. The summed E-state index contributed by atoms with van der Waals surface area (Å²) in [4.78, 5) is 11.8. The van der Waals surface area contributed by atoms with Crippen molar-refractivity contribution in [2.75, 3.05) is 19.0 Å². The molecule has 1 amide bonds. The lowest BCUT2D eigenvalue weighted by atomic mass is 10.2. The number of carbonyl (C=O) groups is 1. The van der Waals surface area contributed by atoms with Crippen LogP contribution in [0.4, 0.5) is 5.69 Å². The first kappa shape index (κ1) is 15.0. The third-order valence-corrected chi connectivity index (χ3v) is 3.10. The van der Waals surface area contributed by atoms with Gasteiger partial charge in [-0.3, -0.25) is 4.79 Å². The Morgan fingerprint density at radius 2 is 2.22 bits per heavy atom. The Morgan fingerprint density at radius 3 is 2.78 bits per heavy atom. The van der Waals surface area contributed by atoms with Crippen LogP contribution >= 0.6 is 15.9 Å². The van der Waals surface area contributed by atoms with Gasteiger partial charge in [-0.2, -0.15) is 0 Å². The Labute approximate surface area is 116 Å². The Hall–Kier alpha value is -1.07. The van der Waals surface area contributed by atoms with Gasteiger partial charge in [0.15, 0.2) is 0 Å². The molecule has 100 valence electrons. The van der Waals surface area contributed by atoms with Crippen molar-refractivity contribution in [3.63, 3.8) is 0 Å². The number of nitrogens with one attached hydrogen (secondary N) is 2. The van der Waals surface area contributed by atoms with E-state index in [1.165, 1.54) is 0 Å². The van der Waals surface area contributed by atoms with Gasteiger partial charge in [0.2, 0.25) is 5.91 Å². The van der Waals surface area contributed by atoms with Crippen molar-refractivity contribution in [1.82, 2.24) is 5.32 Å². The lowest BCUT2D eigenvalue weighted by molar-refractivity contribution is -0.116. The summed E-state index contributed by atoms with van der Waals surface area (Å²) in [5.41, 5.74) is 0.761. The normalized spacial score (nSPS) is 12.0. The van der Waals surface area contributed by atoms with Gasteiger partial charge in [0, 0.05) is 18.2 Å². The predicted molar refractivity (Wildman–Crippen MR) is 77.1 cm³/mol. The van der Waals surface area contributed by atoms with E-state index in [0.29, 0.717) is 6.42 Å². The molecule has 1 aromatic rings. The summed E-state index contributed by atoms with van der Waals surface area (Å²) < 4.78 is 5.95. The first-order chi connectivity index (χ1) is 8.56. The lowest BCUT2D eigenvalue weighted by Gasteiger charge is -2.12. The molecule has 0 saturated heterocycles. The molecule has 0 aliphatic heterocycles. The fraction of sp³-hybridized carbons (Fsp3) is 0.462. The minimum Gasteiger partial charge on any atom is -0.496 e. The third kappa shape index (κ3) is 4.66. The number of ether oxygens (including phenoxy) is 1. The number of carbonyl (C=O) groups excluding carboxylic acids is 1. The maximum absolute atomic E-state index is 11.8. The molecule has 5 heteroatoms. The highest BCUT2D eigenvalue weighted by atomic mass is 79.9. The fourth-order valence-corrected chi connectivity index (χ4v) is 2.20. The quantitative estimate of drug-likeness (QED) is 0.849. The maximum atomic E-state index is 11.8. The zero-order chi connectivity index (χ0) is 13.5. The van der Waals surface area contributed by atoms with E-state index in [-0.39, 0.29) is 11.9 Å². The van der Waals surface area contributed by atoms with Gasteiger partial charge in [0.1, 0.15) is 5.75 Å². The maximum Gasteiger partial charge on any atom is 0.225 e. The van der Waals surface area contributed by atoms with Crippen molar-refractivity contribution in [2.24, 2.45) is 0 Å². The van der Waals surface area contributed by atoms with Crippen molar-refractivity contribution >= 4 is 27.5 Å². The van der Waals surface area contributed by atoms with Crippen LogP contribution in [0.5, 0.6) is 5.75 Å². The molecule has 0 fully saturated rings. The number of hydrogen-bond donors (Lipinski definition) is 2. The van der Waals surface area contributed by atoms with Gasteiger partial charge in [-0.1, -0.05) is 6.92 Å². The SMILES string of the molecule is CCNC(C)CC(=O)Nc1ccc(OC)c(Br)c1. The smallest absolute Gasteiger partial charge is 0.225 e. The number of rotatable bonds is 6. The van der Waals surface area contributed by atoms with E-state index in [1.54, 1.807) is 7.11 Å². The van der Waals surface area contributed by atoms with Gasteiger partial charge in [-0.15, -0.1) is 0 Å². The number of methoxy groups -OCH3 is 1. The predicted octanol–water partition coefficient (Wildman–Crippen LogP) is 2.78. The number of benzene rings is 1. The van der Waals surface area contributed by atoms with E-state index < -0.39 is 0 Å². The Morgan fingerprint density at radius 1 is 1.50 bits per heavy atom. The second-order valence-electron chi connectivity index (χ2n) is 4.06. The zero-order valence-corrected chi connectivity index (χ0v) is 12.5. The molecular formula is C13H19BrN2O2. The molecule has 1 rings (SSSR count). The highest BCUT2D eigenvalue weighted by Gasteiger charge is 2.09. The molecule has 1 aromatic carbocycles. The molecule has 0 bridgehead atoms. The molecule has 0 saturated carbocycles. The zero-order valence-electron chi connectivity index (χ0n) is 10.9. The first-order valence-electron chi connectivity index (χ1n) is 5.93. The first-order valence-corrected chi connectivity index (χ1v) is 6.72. The van der Waals surface area contributed by atoms with Gasteiger partial charge in [-0.25, -0.2) is 0 Å². The fourth-order valence-electron chi connectivity index (χ4n) is 1.65. The van der Waals surface area contributed by atoms with E-state index in [1.807, 2.05) is 32.0 Å². The third-order valence-electron chi connectivity index (χ3n) is 2.48. The van der Waals surface area contributed by atoms with Crippen LogP contribution in [0.25, 0.3) is 0 Å². The summed E-state index contributed by atoms with van der Waals surface area (Å²) in [5, 5.41) is 6.06. The molecule has 18 heavy (non-hydrogen) atoms. The van der Waals surface area contributed by atoms with E-state index in [9.17, 15) is 4.79 Å². The van der Waals surface area contributed by atoms with Gasteiger partial charge < -0.3 is 15.4 Å². The summed E-state index contributed by atoms with van der Waals surface area (Å²) in [6.07, 6.45) is 0.456. The summed E-state index contributed by atoms with van der Waals surface area (Å²) in [7, 11) is 1.61. The van der Waals surface area contributed by atoms with Gasteiger partial charge >= 0.3 is 0 Å². The molecule has 0 spiro atoms. The molecular weight excluding hydrogens is 296 g/mol. The molecule has 1 unspecified atom stereocenters. The van der Waals surface area contributed by atoms with E-state index >= 15 is 0 Å². The van der Waals surface area contributed by atoms with Crippen LogP contribution in [-0.4, -0.2) is 25.6 Å². The molecule has 4 nitrogen and oxygen atoms in total. The topological polar surface area (TPSA) is 50.4 Å². The van der Waals surface area contributed by atoms with Gasteiger partial charge in [0.05, 0.1) is 11.6 Å². The number of hydrogen-bond acceptors (Lipinski definition) is 3. The molecule has 0 aliphatic carbocycles. The van der Waals surface area contributed by atoms with Gasteiger partial charge in [-0.05, 0) is 47.6 Å². The highest BCUT2D eigenvalue weighted by molar-refractivity contribution is 9.10. The monoisotopic (exact) mass is 314 g/mol. The van der Waals surface area contributed by atoms with Crippen LogP contribution in [0.3, 0.4) is 0 Å². The number of amides is 1. The van der Waals surface area contributed by atoms with Crippen molar-refractivity contribution in [3.8, 4) is 5.75 Å². The Kier molecular flexibility index (Phi) is 6.15. The number of anilines is 1. The van der Waals surface area contributed by atoms with Crippen molar-refractivity contribution in [3.05, 3.63) is 22.7 Å². The summed E-state index contributed by atoms with van der Waals surface area (Å²) in [6.45, 7) is 4.88. The van der Waals surface area contributed by atoms with Crippen LogP contribution in [0.2, 0.25) is 0 Å². The van der Waals surface area contributed by atoms with E-state index in [0.717, 1.165) is 22.5 Å². The molecule has 2 N–H and O–H groups in total. The molecule has 0 aliphatic rings. The Balaban J connectivity index is 2.57. The van der Waals surface area contributed by atoms with Crippen LogP contribution in [0.1, 0.15) is 20.3 Å². The standard InChI is InChI=1S/C13H19BrN2O2/c1-4-15-9(2)7-13(17)16-10-5-6-12(18-3)11(14)8-10/h5-6,8-9,15H,4,7H2,1-3H3,(H,16,17). The van der Waals surface area contributed by atoms with Crippen molar-refractivity contribution in [1.29, 1.82) is 0 Å². The van der Waals surface area contributed by atoms with E-state index in [2.05, 4.69) is 26.6 Å². The average molecular weight is 315 g/mol. The molecule has 0 radical (unpaired) electrons. The number of halogens is 1. The highest BCUT2D eigenvalue weighted by Crippen LogP contribution is 2.27. The average Bonchev–Trinajstić information content (AvgIpc) is 2.29. The second-order valence-corrected chi connectivity index (χ2v) is 4.91. The Bertz CT molecular complexity index is 410. The molecule has 0 aromatic heterocycles. The molecule has 1 atom stereocenters. The largest absolute Gasteiger partial charge is 0.496 e. The van der Waals surface area contributed by atoms with Crippen molar-refractivity contribution in [2.45, 2.75) is 26.3 Å². The van der Waals surface area contributed by atoms with Crippen LogP contribution in [0.15, 0.2) is 22.7 Å². The van der Waals surface area contributed by atoms with Crippen molar-refractivity contribution < 1.29 is 9.53 Å². The lowest BCUT2D eigenvalue weighted by Crippen LogP contribution is -2.30. The second kappa shape index (κ2) is 7.38. The summed E-state index contributed by atoms with van der Waals surface area (Å²) in [6, 6.07) is 5.64. The minimum atomic E-state index is 0.000479. The van der Waals surface area contributed by atoms with Crippen LogP contribution in [-0.2, 0) is 4.79 Å².